The highest BCUT2D eigenvalue weighted by atomic mass is 16.3. The first-order chi connectivity index (χ1) is 11.2. The summed E-state index contributed by atoms with van der Waals surface area (Å²) in [7, 11) is 0. The summed E-state index contributed by atoms with van der Waals surface area (Å²) in [5.41, 5.74) is 0. The highest BCUT2D eigenvalue weighted by Crippen LogP contribution is 2.16. The first kappa shape index (κ1) is 23.0. The topological polar surface area (TPSA) is 20.2 Å². The molecule has 1 heteroatoms. The van der Waals surface area contributed by atoms with Gasteiger partial charge < -0.3 is 5.11 Å². The second-order valence-electron chi connectivity index (χ2n) is 7.69. The van der Waals surface area contributed by atoms with E-state index in [2.05, 4.69) is 6.92 Å². The smallest absolute Gasteiger partial charge is 0.0597 e. The molecule has 1 nitrogen and oxygen atoms in total. The molecule has 0 bridgehead atoms. The SMILES string of the molecule is CCCCCCCCCCCCCCCCCCC(O)[C](C)C. The van der Waals surface area contributed by atoms with Gasteiger partial charge >= 0.3 is 0 Å². The van der Waals surface area contributed by atoms with Crippen molar-refractivity contribution in [2.75, 3.05) is 0 Å². The van der Waals surface area contributed by atoms with Crippen molar-refractivity contribution in [3.8, 4) is 0 Å². The molecule has 1 radical (unpaired) electrons. The van der Waals surface area contributed by atoms with E-state index in [4.69, 9.17) is 0 Å². The van der Waals surface area contributed by atoms with Crippen LogP contribution in [0.3, 0.4) is 0 Å². The van der Waals surface area contributed by atoms with Crippen molar-refractivity contribution in [3.63, 3.8) is 0 Å². The molecule has 0 aliphatic carbocycles. The Labute approximate surface area is 147 Å². The van der Waals surface area contributed by atoms with E-state index in [0.29, 0.717) is 0 Å². The van der Waals surface area contributed by atoms with Gasteiger partial charge in [0.1, 0.15) is 0 Å². The van der Waals surface area contributed by atoms with Crippen LogP contribution in [0.4, 0.5) is 0 Å². The second-order valence-corrected chi connectivity index (χ2v) is 7.69. The molecule has 0 aliphatic heterocycles. The fourth-order valence-electron chi connectivity index (χ4n) is 3.17. The molecule has 139 valence electrons. The second kappa shape index (κ2) is 18.3. The van der Waals surface area contributed by atoms with E-state index >= 15 is 0 Å². The van der Waals surface area contributed by atoms with E-state index in [1.54, 1.807) is 0 Å². The largest absolute Gasteiger partial charge is 0.393 e. The maximum atomic E-state index is 9.70. The first-order valence-electron chi connectivity index (χ1n) is 10.7. The Bertz CT molecular complexity index is 212. The summed E-state index contributed by atoms with van der Waals surface area (Å²) in [6, 6.07) is 0. The number of aliphatic hydroxyl groups is 1. The minimum absolute atomic E-state index is 0.165. The van der Waals surface area contributed by atoms with Gasteiger partial charge in [0.2, 0.25) is 0 Å². The molecule has 0 aromatic carbocycles. The molecule has 0 fully saturated rings. The minimum Gasteiger partial charge on any atom is -0.393 e. The van der Waals surface area contributed by atoms with Gasteiger partial charge in [-0.05, 0) is 12.3 Å². The minimum atomic E-state index is -0.165. The van der Waals surface area contributed by atoms with Gasteiger partial charge in [0.05, 0.1) is 6.10 Å². The average molecular weight is 326 g/mol. The van der Waals surface area contributed by atoms with E-state index in [1.165, 1.54) is 103 Å². The van der Waals surface area contributed by atoms with Crippen molar-refractivity contribution in [1.82, 2.24) is 0 Å². The Morgan fingerprint density at radius 2 is 0.870 bits per heavy atom. The standard InChI is InChI=1S/C22H45O/c1-4-5-6-7-8-9-10-11-12-13-14-15-16-17-18-19-20-22(23)21(2)3/h22-23H,4-20H2,1-3H3. The Morgan fingerprint density at radius 1 is 0.565 bits per heavy atom. The summed E-state index contributed by atoms with van der Waals surface area (Å²) in [5, 5.41) is 9.70. The van der Waals surface area contributed by atoms with Crippen LogP contribution < -0.4 is 0 Å². The number of rotatable bonds is 18. The summed E-state index contributed by atoms with van der Waals surface area (Å²) in [5.74, 6) is 1.16. The molecule has 0 heterocycles. The van der Waals surface area contributed by atoms with Crippen LogP contribution in [0.25, 0.3) is 0 Å². The number of unbranched alkanes of at least 4 members (excludes halogenated alkanes) is 15. The lowest BCUT2D eigenvalue weighted by Gasteiger charge is -2.13. The average Bonchev–Trinajstić information content (AvgIpc) is 2.54. The normalized spacial score (nSPS) is 12.9. The van der Waals surface area contributed by atoms with Gasteiger partial charge in [-0.25, -0.2) is 0 Å². The van der Waals surface area contributed by atoms with Gasteiger partial charge in [0, 0.05) is 0 Å². The predicted octanol–water partition coefficient (Wildman–Crippen LogP) is 7.61. The molecule has 0 saturated heterocycles. The van der Waals surface area contributed by atoms with Crippen LogP contribution in [-0.2, 0) is 0 Å². The zero-order valence-corrected chi connectivity index (χ0v) is 16.5. The molecule has 0 aromatic heterocycles. The van der Waals surface area contributed by atoms with Crippen molar-refractivity contribution < 1.29 is 5.11 Å². The van der Waals surface area contributed by atoms with E-state index in [1.807, 2.05) is 13.8 Å². The van der Waals surface area contributed by atoms with Gasteiger partial charge in [0.15, 0.2) is 0 Å². The van der Waals surface area contributed by atoms with Crippen LogP contribution in [0.5, 0.6) is 0 Å². The van der Waals surface area contributed by atoms with E-state index in [0.717, 1.165) is 12.3 Å². The van der Waals surface area contributed by atoms with Crippen LogP contribution in [0.15, 0.2) is 0 Å². The molecule has 23 heavy (non-hydrogen) atoms. The first-order valence-corrected chi connectivity index (χ1v) is 10.7. The summed E-state index contributed by atoms with van der Waals surface area (Å²) in [6.45, 7) is 6.34. The number of hydrogen-bond acceptors (Lipinski definition) is 1. The van der Waals surface area contributed by atoms with E-state index in [-0.39, 0.29) is 6.10 Å². The Morgan fingerprint density at radius 3 is 1.17 bits per heavy atom. The monoisotopic (exact) mass is 325 g/mol. The van der Waals surface area contributed by atoms with Crippen LogP contribution >= 0.6 is 0 Å². The lowest BCUT2D eigenvalue weighted by atomic mass is 9.99. The molecule has 0 saturated carbocycles. The van der Waals surface area contributed by atoms with Gasteiger partial charge in [-0.1, -0.05) is 124 Å². The quantitative estimate of drug-likeness (QED) is 0.257. The van der Waals surface area contributed by atoms with Crippen molar-refractivity contribution >= 4 is 0 Å². The van der Waals surface area contributed by atoms with Crippen molar-refractivity contribution in [2.24, 2.45) is 0 Å². The van der Waals surface area contributed by atoms with Crippen molar-refractivity contribution in [1.29, 1.82) is 0 Å². The summed E-state index contributed by atoms with van der Waals surface area (Å²) < 4.78 is 0. The van der Waals surface area contributed by atoms with Gasteiger partial charge in [-0.3, -0.25) is 0 Å². The van der Waals surface area contributed by atoms with Gasteiger partial charge in [-0.2, -0.15) is 0 Å². The third kappa shape index (κ3) is 18.1. The molecule has 0 amide bonds. The van der Waals surface area contributed by atoms with Crippen LogP contribution in [-0.4, -0.2) is 11.2 Å². The molecule has 0 aliphatic rings. The highest BCUT2D eigenvalue weighted by molar-refractivity contribution is 4.86. The van der Waals surface area contributed by atoms with Crippen LogP contribution in [0, 0.1) is 5.92 Å². The van der Waals surface area contributed by atoms with Gasteiger partial charge in [-0.15, -0.1) is 0 Å². The molecule has 0 rings (SSSR count). The molecule has 1 N–H and O–H groups in total. The van der Waals surface area contributed by atoms with Crippen molar-refractivity contribution in [2.45, 2.75) is 136 Å². The molecule has 1 unspecified atom stereocenters. The lowest BCUT2D eigenvalue weighted by molar-refractivity contribution is 0.174. The zero-order chi connectivity index (χ0) is 17.2. The maximum absolute atomic E-state index is 9.70. The molecule has 0 spiro atoms. The van der Waals surface area contributed by atoms with Crippen molar-refractivity contribution in [3.05, 3.63) is 5.92 Å². The molecule has 0 aromatic rings. The highest BCUT2D eigenvalue weighted by Gasteiger charge is 2.08. The zero-order valence-electron chi connectivity index (χ0n) is 16.5. The van der Waals surface area contributed by atoms with E-state index < -0.39 is 0 Å². The van der Waals surface area contributed by atoms with Crippen LogP contribution in [0.1, 0.15) is 130 Å². The lowest BCUT2D eigenvalue weighted by Crippen LogP contribution is -2.12. The number of hydrogen-bond donors (Lipinski definition) is 1. The molecular formula is C22H45O. The Kier molecular flexibility index (Phi) is 18.3. The fraction of sp³-hybridized carbons (Fsp3) is 0.955. The third-order valence-corrected chi connectivity index (χ3v) is 5.00. The summed E-state index contributed by atoms with van der Waals surface area (Å²) in [4.78, 5) is 0. The van der Waals surface area contributed by atoms with E-state index in [9.17, 15) is 5.11 Å². The summed E-state index contributed by atoms with van der Waals surface area (Å²) >= 11 is 0. The fourth-order valence-corrected chi connectivity index (χ4v) is 3.17. The maximum Gasteiger partial charge on any atom is 0.0597 e. The predicted molar refractivity (Wildman–Crippen MR) is 105 cm³/mol. The Balaban J connectivity index is 3.03. The number of aliphatic hydroxyl groups excluding tert-OH is 1. The Hall–Kier alpha value is -0.0400. The third-order valence-electron chi connectivity index (χ3n) is 5.00. The van der Waals surface area contributed by atoms with Gasteiger partial charge in [0.25, 0.3) is 0 Å². The molecular weight excluding hydrogens is 280 g/mol. The molecule has 1 atom stereocenters. The van der Waals surface area contributed by atoms with Crippen LogP contribution in [0.2, 0.25) is 0 Å². The summed E-state index contributed by atoms with van der Waals surface area (Å²) in [6.07, 6.45) is 23.3.